The Morgan fingerprint density at radius 3 is 2.57 bits per heavy atom. The van der Waals surface area contributed by atoms with Gasteiger partial charge in [-0.05, 0) is 19.1 Å². The predicted molar refractivity (Wildman–Crippen MR) is 80.7 cm³/mol. The average molecular weight is 326 g/mol. The van der Waals surface area contributed by atoms with Crippen LogP contribution < -0.4 is 5.32 Å². The number of nitro groups is 1. The molecule has 0 saturated carbocycles. The minimum atomic E-state index is -1.02. The molecule has 1 unspecified atom stereocenters. The van der Waals surface area contributed by atoms with Gasteiger partial charge in [0.1, 0.15) is 0 Å². The smallest absolute Gasteiger partial charge is 0.307 e. The molecule has 0 aromatic heterocycles. The molecule has 1 atom stereocenters. The first kappa shape index (κ1) is 18.7. The van der Waals surface area contributed by atoms with E-state index in [1.54, 1.807) is 20.8 Å². The second-order valence-corrected chi connectivity index (χ2v) is 5.17. The highest BCUT2D eigenvalue weighted by atomic mass is 19.1. The summed E-state index contributed by atoms with van der Waals surface area (Å²) in [5, 5.41) is 13.7. The van der Waals surface area contributed by atoms with E-state index in [4.69, 9.17) is 4.74 Å². The van der Waals surface area contributed by atoms with Crippen molar-refractivity contribution in [1.29, 1.82) is 0 Å². The fourth-order valence-corrected chi connectivity index (χ4v) is 2.02. The van der Waals surface area contributed by atoms with E-state index in [1.165, 1.54) is 0 Å². The zero-order chi connectivity index (χ0) is 17.6. The maximum absolute atomic E-state index is 13.4. The van der Waals surface area contributed by atoms with E-state index in [2.05, 4.69) is 5.32 Å². The Morgan fingerprint density at radius 1 is 1.39 bits per heavy atom. The van der Waals surface area contributed by atoms with Crippen molar-refractivity contribution < 1.29 is 23.6 Å². The number of Topliss-reactive ketones (excluding diaryl/α,β-unsaturated/α-hetero) is 1. The van der Waals surface area contributed by atoms with Crippen molar-refractivity contribution in [2.24, 2.45) is 0 Å². The summed E-state index contributed by atoms with van der Waals surface area (Å²) in [5.74, 6) is -2.12. The number of benzene rings is 1. The molecule has 8 heteroatoms. The van der Waals surface area contributed by atoms with E-state index in [1.807, 2.05) is 0 Å². The van der Waals surface area contributed by atoms with E-state index in [9.17, 15) is 24.1 Å². The summed E-state index contributed by atoms with van der Waals surface area (Å²) in [6.07, 6.45) is -0.212. The Morgan fingerprint density at radius 2 is 2.04 bits per heavy atom. The molecule has 1 rings (SSSR count). The zero-order valence-corrected chi connectivity index (χ0v) is 13.2. The summed E-state index contributed by atoms with van der Waals surface area (Å²) in [6.45, 7) is 5.41. The molecule has 0 bridgehead atoms. The second kappa shape index (κ2) is 8.33. The molecule has 23 heavy (non-hydrogen) atoms. The van der Waals surface area contributed by atoms with Crippen molar-refractivity contribution >= 4 is 17.4 Å². The average Bonchev–Trinajstić information content (AvgIpc) is 2.45. The number of nitro benzene ring substituents is 1. The fraction of sp³-hybridized carbons (Fsp3) is 0.467. The lowest BCUT2D eigenvalue weighted by molar-refractivity contribution is -0.387. The minimum Gasteiger partial charge on any atom is -0.466 e. The van der Waals surface area contributed by atoms with Crippen LogP contribution in [0.2, 0.25) is 0 Å². The molecule has 0 saturated heterocycles. The number of hydrogen-bond acceptors (Lipinski definition) is 6. The molecule has 0 aliphatic rings. The number of carbonyl (C=O) groups excluding carboxylic acids is 2. The van der Waals surface area contributed by atoms with E-state index >= 15 is 0 Å². The Hall–Kier alpha value is -2.35. The van der Waals surface area contributed by atoms with Gasteiger partial charge in [-0.15, -0.1) is 0 Å². The number of halogens is 1. The van der Waals surface area contributed by atoms with Gasteiger partial charge in [-0.1, -0.05) is 13.8 Å². The summed E-state index contributed by atoms with van der Waals surface area (Å²) in [4.78, 5) is 34.0. The lowest BCUT2D eigenvalue weighted by Crippen LogP contribution is -2.42. The summed E-state index contributed by atoms with van der Waals surface area (Å²) < 4.78 is 18.2. The molecule has 0 spiro atoms. The van der Waals surface area contributed by atoms with Crippen LogP contribution in [0.5, 0.6) is 0 Å². The van der Waals surface area contributed by atoms with E-state index in [0.717, 1.165) is 18.2 Å². The highest BCUT2D eigenvalue weighted by Gasteiger charge is 2.26. The Bertz CT molecular complexity index is 604. The van der Waals surface area contributed by atoms with Crippen LogP contribution in [0.3, 0.4) is 0 Å². The van der Waals surface area contributed by atoms with Crippen LogP contribution in [0.4, 0.5) is 10.1 Å². The summed E-state index contributed by atoms with van der Waals surface area (Å²) >= 11 is 0. The lowest BCUT2D eigenvalue weighted by atomic mass is 10.00. The molecule has 1 aromatic carbocycles. The second-order valence-electron chi connectivity index (χ2n) is 5.17. The van der Waals surface area contributed by atoms with Crippen LogP contribution in [-0.4, -0.2) is 35.4 Å². The first-order chi connectivity index (χ1) is 10.8. The van der Waals surface area contributed by atoms with Crippen LogP contribution in [0.15, 0.2) is 18.2 Å². The van der Waals surface area contributed by atoms with Crippen LogP contribution in [0.1, 0.15) is 37.6 Å². The summed E-state index contributed by atoms with van der Waals surface area (Å²) in [5.41, 5.74) is -0.823. The van der Waals surface area contributed by atoms with Crippen molar-refractivity contribution in [3.8, 4) is 0 Å². The van der Waals surface area contributed by atoms with Crippen LogP contribution >= 0.6 is 0 Å². The van der Waals surface area contributed by atoms with Crippen molar-refractivity contribution in [1.82, 2.24) is 5.32 Å². The SMILES string of the molecule is CCOC(=O)CC(NC(C)C)C(=O)c1ccc(F)c([N+](=O)[O-])c1. The molecule has 1 N–H and O–H groups in total. The highest BCUT2D eigenvalue weighted by molar-refractivity contribution is 6.02. The normalized spacial score (nSPS) is 12.0. The van der Waals surface area contributed by atoms with Crippen LogP contribution in [0, 0.1) is 15.9 Å². The van der Waals surface area contributed by atoms with Crippen molar-refractivity contribution in [3.63, 3.8) is 0 Å². The van der Waals surface area contributed by atoms with E-state index < -0.39 is 34.2 Å². The van der Waals surface area contributed by atoms with Gasteiger partial charge in [0, 0.05) is 17.7 Å². The third-order valence-corrected chi connectivity index (χ3v) is 2.95. The van der Waals surface area contributed by atoms with Gasteiger partial charge in [0.25, 0.3) is 0 Å². The Labute approximate surface area is 133 Å². The topological polar surface area (TPSA) is 98.5 Å². The maximum atomic E-state index is 13.4. The Kier molecular flexibility index (Phi) is 6.77. The monoisotopic (exact) mass is 326 g/mol. The third-order valence-electron chi connectivity index (χ3n) is 2.95. The Balaban J connectivity index is 3.06. The van der Waals surface area contributed by atoms with Gasteiger partial charge in [-0.3, -0.25) is 19.7 Å². The molecule has 7 nitrogen and oxygen atoms in total. The van der Waals surface area contributed by atoms with E-state index in [0.29, 0.717) is 0 Å². The summed E-state index contributed by atoms with van der Waals surface area (Å²) in [6, 6.07) is 1.89. The third kappa shape index (κ3) is 5.41. The number of carbonyl (C=O) groups is 2. The fourth-order valence-electron chi connectivity index (χ4n) is 2.02. The van der Waals surface area contributed by atoms with Crippen LogP contribution in [0.25, 0.3) is 0 Å². The largest absolute Gasteiger partial charge is 0.466 e. The summed E-state index contributed by atoms with van der Waals surface area (Å²) in [7, 11) is 0. The first-order valence-corrected chi connectivity index (χ1v) is 7.16. The van der Waals surface area contributed by atoms with Crippen molar-refractivity contribution in [3.05, 3.63) is 39.7 Å². The molecule has 0 heterocycles. The number of esters is 1. The predicted octanol–water partition coefficient (Wildman–Crippen LogP) is 2.24. The van der Waals surface area contributed by atoms with Gasteiger partial charge in [-0.25, -0.2) is 0 Å². The number of ketones is 1. The maximum Gasteiger partial charge on any atom is 0.307 e. The molecular weight excluding hydrogens is 307 g/mol. The first-order valence-electron chi connectivity index (χ1n) is 7.16. The minimum absolute atomic E-state index is 0.0412. The number of hydrogen-bond donors (Lipinski definition) is 1. The molecule has 0 fully saturated rings. The lowest BCUT2D eigenvalue weighted by Gasteiger charge is -2.19. The number of nitrogens with zero attached hydrogens (tertiary/aromatic N) is 1. The number of nitrogens with one attached hydrogen (secondary N) is 1. The van der Waals surface area contributed by atoms with Gasteiger partial charge in [0.15, 0.2) is 5.78 Å². The van der Waals surface area contributed by atoms with Gasteiger partial charge in [-0.2, -0.15) is 4.39 Å². The van der Waals surface area contributed by atoms with Gasteiger partial charge < -0.3 is 10.1 Å². The number of ether oxygens (including phenoxy) is 1. The molecule has 0 aliphatic carbocycles. The van der Waals surface area contributed by atoms with Crippen molar-refractivity contribution in [2.45, 2.75) is 39.3 Å². The molecule has 1 aromatic rings. The highest BCUT2D eigenvalue weighted by Crippen LogP contribution is 2.20. The van der Waals surface area contributed by atoms with Gasteiger partial charge in [0.2, 0.25) is 5.82 Å². The molecule has 126 valence electrons. The van der Waals surface area contributed by atoms with Crippen LogP contribution in [-0.2, 0) is 9.53 Å². The quantitative estimate of drug-likeness (QED) is 0.340. The number of rotatable bonds is 8. The standard InChI is InChI=1S/C15H19FN2O5/c1-4-23-14(19)8-12(17-9(2)3)15(20)10-5-6-11(16)13(7-10)18(21)22/h5-7,9,12,17H,4,8H2,1-3H3. The zero-order valence-electron chi connectivity index (χ0n) is 13.2. The van der Waals surface area contributed by atoms with Gasteiger partial charge in [0.05, 0.1) is 24.0 Å². The molecular formula is C15H19FN2O5. The molecule has 0 aliphatic heterocycles. The van der Waals surface area contributed by atoms with Crippen molar-refractivity contribution in [2.75, 3.05) is 6.61 Å². The van der Waals surface area contributed by atoms with E-state index in [-0.39, 0.29) is 24.6 Å². The molecule has 0 radical (unpaired) electrons. The molecule has 0 amide bonds. The van der Waals surface area contributed by atoms with Gasteiger partial charge >= 0.3 is 11.7 Å².